The van der Waals surface area contributed by atoms with Gasteiger partial charge in [0.25, 0.3) is 0 Å². The Hall–Kier alpha value is -3.42. The van der Waals surface area contributed by atoms with Crippen LogP contribution in [0.4, 0.5) is 0 Å². The van der Waals surface area contributed by atoms with Crippen molar-refractivity contribution < 1.29 is 117 Å². The van der Waals surface area contributed by atoms with E-state index in [1.165, 1.54) is 39.4 Å². The van der Waals surface area contributed by atoms with E-state index >= 15 is 0 Å². The highest BCUT2D eigenvalue weighted by Crippen LogP contribution is 2.72. The monoisotopic (exact) mass is 1220 g/mol. The van der Waals surface area contributed by atoms with Crippen LogP contribution in [0.15, 0.2) is 60.2 Å². The summed E-state index contributed by atoms with van der Waals surface area (Å²) in [5.74, 6) is -2.36. The number of ether oxygens (including phenoxy) is 13. The van der Waals surface area contributed by atoms with Gasteiger partial charge in [0.1, 0.15) is 83.9 Å². The van der Waals surface area contributed by atoms with E-state index in [9.17, 15) is 55.5 Å². The molecule has 9 rings (SSSR count). The van der Waals surface area contributed by atoms with Crippen molar-refractivity contribution in [3.8, 4) is 0 Å². The summed E-state index contributed by atoms with van der Waals surface area (Å²) in [5, 5.41) is 105. The van der Waals surface area contributed by atoms with Crippen molar-refractivity contribution in [2.45, 2.75) is 258 Å². The Bertz CT molecular complexity index is 2590. The number of hydrogen-bond acceptors (Lipinski definition) is 24. The molecule has 24 nitrogen and oxygen atoms in total. The highest BCUT2D eigenvalue weighted by Gasteiger charge is 2.82. The van der Waals surface area contributed by atoms with Gasteiger partial charge in [0, 0.05) is 63.6 Å². The zero-order chi connectivity index (χ0) is 62.6. The Kier molecular flexibility index (Phi) is 20.3. The van der Waals surface area contributed by atoms with Gasteiger partial charge in [-0.25, -0.2) is 9.59 Å². The van der Waals surface area contributed by atoms with Gasteiger partial charge in [0.05, 0.1) is 54.2 Å². The van der Waals surface area contributed by atoms with Gasteiger partial charge in [0.15, 0.2) is 25.2 Å². The normalized spacial score (nSPS) is 48.2. The molecule has 484 valence electrons. The summed E-state index contributed by atoms with van der Waals surface area (Å²) >= 11 is 0. The summed E-state index contributed by atoms with van der Waals surface area (Å²) in [4.78, 5) is 27.1. The number of aliphatic hydroxyl groups is 9. The lowest BCUT2D eigenvalue weighted by Gasteiger charge is -2.68. The van der Waals surface area contributed by atoms with Crippen LogP contribution in [0, 0.1) is 16.7 Å². The first-order chi connectivity index (χ1) is 40.6. The fourth-order valence-corrected chi connectivity index (χ4v) is 15.4. The molecular weight excluding hydrogens is 1130 g/mol. The molecule has 28 atom stereocenters. The number of esters is 2. The van der Waals surface area contributed by atoms with Crippen LogP contribution < -0.4 is 0 Å². The Morgan fingerprint density at radius 1 is 0.709 bits per heavy atom. The first kappa shape index (κ1) is 67.0. The number of hydrogen-bond donors (Lipinski definition) is 9. The maximum absolute atomic E-state index is 13.9. The molecule has 0 bridgehead atoms. The van der Waals surface area contributed by atoms with Gasteiger partial charge in [0.2, 0.25) is 0 Å². The minimum Gasteiger partial charge on any atom is -0.458 e. The maximum Gasteiger partial charge on any atom is 0.333 e. The molecule has 7 fully saturated rings. The molecule has 24 heteroatoms. The van der Waals surface area contributed by atoms with Crippen LogP contribution in [-0.2, 0) is 71.2 Å². The number of rotatable bonds is 18. The summed E-state index contributed by atoms with van der Waals surface area (Å²) in [7, 11) is 4.42. The van der Waals surface area contributed by atoms with Crippen molar-refractivity contribution in [2.75, 3.05) is 27.9 Å². The predicted octanol–water partition coefficient (Wildman–Crippen LogP) is 1.78. The van der Waals surface area contributed by atoms with E-state index in [0.29, 0.717) is 12.0 Å². The summed E-state index contributed by atoms with van der Waals surface area (Å²) in [6.07, 6.45) is -13.9. The quantitative estimate of drug-likeness (QED) is 0.0575. The van der Waals surface area contributed by atoms with Gasteiger partial charge in [-0.15, -0.1) is 0 Å². The summed E-state index contributed by atoms with van der Waals surface area (Å²) in [6.45, 7) is 12.8. The van der Waals surface area contributed by atoms with Gasteiger partial charge >= 0.3 is 11.9 Å². The van der Waals surface area contributed by atoms with Crippen LogP contribution in [-0.4, -0.2) is 237 Å². The summed E-state index contributed by atoms with van der Waals surface area (Å²) < 4.78 is 80.1. The summed E-state index contributed by atoms with van der Waals surface area (Å²) in [6, 6.07) is 9.14. The van der Waals surface area contributed by atoms with Crippen molar-refractivity contribution in [3.05, 3.63) is 65.8 Å². The number of benzene rings is 1. The summed E-state index contributed by atoms with van der Waals surface area (Å²) in [5.41, 5.74) is -9.81. The minimum absolute atomic E-state index is 0.0689. The second kappa shape index (κ2) is 26.1. The first-order valence-corrected chi connectivity index (χ1v) is 30.1. The third-order valence-electron chi connectivity index (χ3n) is 20.9. The number of aliphatic hydroxyl groups excluding tert-OH is 5. The van der Waals surface area contributed by atoms with Crippen molar-refractivity contribution in [1.82, 2.24) is 0 Å². The highest BCUT2D eigenvalue weighted by atomic mass is 16.8. The second-order valence-electron chi connectivity index (χ2n) is 25.4. The van der Waals surface area contributed by atoms with E-state index < -0.39 is 187 Å². The molecule has 4 saturated heterocycles. The van der Waals surface area contributed by atoms with Gasteiger partial charge in [-0.2, -0.15) is 0 Å². The van der Waals surface area contributed by atoms with E-state index in [1.54, 1.807) is 53.9 Å². The van der Waals surface area contributed by atoms with Crippen molar-refractivity contribution >= 4 is 18.0 Å². The standard InChI is InChI=1S/C62H92O24/c1-12-31(2)54(69)80-35(6)60(71)24-25-62(73)58(60,8)42(83-43(64)19-18-36-16-14-13-15-17-36)28-41-57(7)21-20-37(29-59(57,70)22-23-61(41,62)72)81-44-26-38(74-9)50(32(3)77-44)84-45-27-39(75-10)51(33(4)78-45)85-56-49(68)53(76-11)52(34(5)79-56)86-55-48(67)47(66)46(65)40(30-63)82-55/h12-19,22-23,32-35,37-42,44-53,55-56,63,65-68,70-73H,20-21,24-30H2,1-11H3/b19-18+,31-12+/t32-,33-,34-,35+,37+,38+,39+,40-,41-,42-,44+,45+,46-,47+,48-,49-,50-,51-,52-,53+,55+,56+,57-,58-,59-,60-,61+,62-/m1/s1. The van der Waals surface area contributed by atoms with Gasteiger partial charge in [-0.05, 0) is 85.3 Å². The van der Waals surface area contributed by atoms with E-state index in [1.807, 2.05) is 44.2 Å². The molecule has 0 spiro atoms. The average Bonchev–Trinajstić information content (AvgIpc) is 1.30. The molecule has 3 saturated carbocycles. The van der Waals surface area contributed by atoms with Crippen LogP contribution in [0.3, 0.4) is 0 Å². The van der Waals surface area contributed by atoms with Crippen LogP contribution in [0.1, 0.15) is 112 Å². The lowest BCUT2D eigenvalue weighted by atomic mass is 9.41. The second-order valence-corrected chi connectivity index (χ2v) is 25.4. The maximum atomic E-state index is 13.9. The molecule has 9 N–H and O–H groups in total. The number of allylic oxidation sites excluding steroid dienone is 1. The first-order valence-electron chi connectivity index (χ1n) is 30.1. The predicted molar refractivity (Wildman–Crippen MR) is 301 cm³/mol. The van der Waals surface area contributed by atoms with Gasteiger partial charge < -0.3 is 108 Å². The van der Waals surface area contributed by atoms with Gasteiger partial charge in [-0.1, -0.05) is 62.4 Å². The molecule has 4 aliphatic heterocycles. The molecule has 0 unspecified atom stereocenters. The molecule has 0 amide bonds. The fourth-order valence-electron chi connectivity index (χ4n) is 15.4. The molecular formula is C62H92O24. The SMILES string of the molecule is C/C=C(\C)C(=O)O[C@@H](C)[C@]1(O)CC[C@@]2(O)[C@]1(C)[C@H](OC(=O)/C=C/c1ccccc1)C[C@H]1[C@@]2(O)C=C[C@@]2(O)C[C@@H](O[C@H]3C[C@H](OC)[C@H](O[C@H]4C[C@H](OC)[C@H](O[C@@H]5O[C@H](C)[C@@H](O[C@@H]6O[C@H](CO)[C@@H](O)[C@H](O)[C@H]6O)[C@@H](OC)[C@H]5O)[C@@H](C)O4)[C@@H](C)O3)CC[C@]12C. The van der Waals surface area contributed by atoms with E-state index in [2.05, 4.69) is 0 Å². The lowest BCUT2D eigenvalue weighted by Crippen LogP contribution is -2.80. The third-order valence-corrected chi connectivity index (χ3v) is 20.9. The molecule has 0 radical (unpaired) electrons. The average molecular weight is 1220 g/mol. The topological polar surface area (TPSA) is 336 Å². The lowest BCUT2D eigenvalue weighted by molar-refractivity contribution is -0.373. The third kappa shape index (κ3) is 11.7. The molecule has 0 aromatic heterocycles. The Morgan fingerprint density at radius 2 is 1.31 bits per heavy atom. The zero-order valence-corrected chi connectivity index (χ0v) is 51.0. The van der Waals surface area contributed by atoms with Crippen LogP contribution in [0.5, 0.6) is 0 Å². The van der Waals surface area contributed by atoms with Crippen LogP contribution in [0.25, 0.3) is 6.08 Å². The molecule has 4 heterocycles. The largest absolute Gasteiger partial charge is 0.458 e. The minimum atomic E-state index is -2.18. The number of carbonyl (C=O) groups is 2. The van der Waals surface area contributed by atoms with E-state index in [4.69, 9.17) is 61.6 Å². The van der Waals surface area contributed by atoms with Crippen LogP contribution in [0.2, 0.25) is 0 Å². The smallest absolute Gasteiger partial charge is 0.333 e. The zero-order valence-electron chi connectivity index (χ0n) is 51.0. The van der Waals surface area contributed by atoms with E-state index in [-0.39, 0.29) is 44.9 Å². The fraction of sp³-hybridized carbons (Fsp3) is 0.774. The molecule has 86 heavy (non-hydrogen) atoms. The molecule has 8 aliphatic rings. The highest BCUT2D eigenvalue weighted by molar-refractivity contribution is 5.88. The van der Waals surface area contributed by atoms with Crippen molar-refractivity contribution in [2.24, 2.45) is 16.7 Å². The Balaban J connectivity index is 0.849. The number of fused-ring (bicyclic) bond motifs is 5. The molecule has 1 aromatic carbocycles. The molecule has 1 aromatic rings. The number of carbonyl (C=O) groups excluding carboxylic acids is 2. The van der Waals surface area contributed by atoms with Crippen molar-refractivity contribution in [1.29, 1.82) is 0 Å². The van der Waals surface area contributed by atoms with Crippen molar-refractivity contribution in [3.63, 3.8) is 0 Å². The molecule has 4 aliphatic carbocycles. The van der Waals surface area contributed by atoms with Crippen LogP contribution >= 0.6 is 0 Å². The number of methoxy groups -OCH3 is 3. The Labute approximate surface area is 502 Å². The van der Waals surface area contributed by atoms with Gasteiger partial charge in [-0.3, -0.25) is 0 Å². The Morgan fingerprint density at radius 3 is 1.93 bits per heavy atom. The van der Waals surface area contributed by atoms with E-state index in [0.717, 1.165) is 5.56 Å².